The molecule has 0 aromatic heterocycles. The van der Waals surface area contributed by atoms with Crippen LogP contribution in [0.1, 0.15) is 24.0 Å². The maximum Gasteiger partial charge on any atom is 0.191 e. The number of aliphatic imine (C=N–C) groups is 1. The molecule has 0 aliphatic heterocycles. The molecule has 0 heterocycles. The Bertz CT molecular complexity index is 652. The van der Waals surface area contributed by atoms with Gasteiger partial charge in [-0.05, 0) is 18.6 Å². The zero-order valence-corrected chi connectivity index (χ0v) is 16.6. The third kappa shape index (κ3) is 6.99. The van der Waals surface area contributed by atoms with Crippen molar-refractivity contribution in [3.63, 3.8) is 0 Å². The lowest BCUT2D eigenvalue weighted by atomic mass is 10.0. The van der Waals surface area contributed by atoms with Gasteiger partial charge in [-0.15, -0.1) is 24.0 Å². The molecule has 0 aliphatic rings. The maximum atomic E-state index is 13.7. The van der Waals surface area contributed by atoms with E-state index in [9.17, 15) is 9.50 Å². The molecule has 2 aromatic carbocycles. The van der Waals surface area contributed by atoms with E-state index in [1.165, 1.54) is 6.07 Å². The maximum absolute atomic E-state index is 13.7. The molecule has 2 rings (SSSR count). The van der Waals surface area contributed by atoms with E-state index in [4.69, 9.17) is 0 Å². The van der Waals surface area contributed by atoms with Gasteiger partial charge in [0.1, 0.15) is 5.82 Å². The monoisotopic (exact) mass is 457 g/mol. The van der Waals surface area contributed by atoms with E-state index in [0.29, 0.717) is 24.6 Å². The normalized spacial score (nSPS) is 12.2. The summed E-state index contributed by atoms with van der Waals surface area (Å²) in [7, 11) is 0. The van der Waals surface area contributed by atoms with Crippen molar-refractivity contribution in [1.29, 1.82) is 0 Å². The number of nitrogens with one attached hydrogen (secondary N) is 2. The molecule has 1 unspecified atom stereocenters. The van der Waals surface area contributed by atoms with E-state index in [-0.39, 0.29) is 48.9 Å². The fourth-order valence-corrected chi connectivity index (χ4v) is 2.37. The standard InChI is InChI=1S/C19H24FN3O.HI/c1-2-21-19(22-12-16-10-6-7-11-18(16)20)23-13-17(14-24)15-8-4-3-5-9-15;/h3-11,17,24H,2,12-14H2,1H3,(H2,21,22,23);1H. The van der Waals surface area contributed by atoms with Crippen LogP contribution in [0.3, 0.4) is 0 Å². The summed E-state index contributed by atoms with van der Waals surface area (Å²) in [5.74, 6) is 0.327. The Morgan fingerprint density at radius 2 is 1.76 bits per heavy atom. The molecule has 1 atom stereocenters. The van der Waals surface area contributed by atoms with Gasteiger partial charge in [-0.3, -0.25) is 0 Å². The van der Waals surface area contributed by atoms with Crippen LogP contribution < -0.4 is 10.6 Å². The van der Waals surface area contributed by atoms with Crippen LogP contribution in [0.2, 0.25) is 0 Å². The first-order chi connectivity index (χ1) is 11.7. The predicted octanol–water partition coefficient (Wildman–Crippen LogP) is 3.27. The topological polar surface area (TPSA) is 56.7 Å². The highest BCUT2D eigenvalue weighted by atomic mass is 127. The van der Waals surface area contributed by atoms with E-state index in [1.807, 2.05) is 37.3 Å². The average Bonchev–Trinajstić information content (AvgIpc) is 2.62. The number of rotatable bonds is 7. The van der Waals surface area contributed by atoms with Gasteiger partial charge in [-0.2, -0.15) is 0 Å². The van der Waals surface area contributed by atoms with Crippen molar-refractivity contribution in [2.75, 3.05) is 19.7 Å². The highest BCUT2D eigenvalue weighted by molar-refractivity contribution is 14.0. The summed E-state index contributed by atoms with van der Waals surface area (Å²) in [6.45, 7) is 3.53. The van der Waals surface area contributed by atoms with E-state index in [2.05, 4.69) is 15.6 Å². The molecule has 0 amide bonds. The van der Waals surface area contributed by atoms with E-state index >= 15 is 0 Å². The largest absolute Gasteiger partial charge is 0.396 e. The molecule has 0 saturated carbocycles. The minimum atomic E-state index is -0.255. The summed E-state index contributed by atoms with van der Waals surface area (Å²) in [6.07, 6.45) is 0. The summed E-state index contributed by atoms with van der Waals surface area (Å²) in [4.78, 5) is 4.42. The fourth-order valence-electron chi connectivity index (χ4n) is 2.37. The first kappa shape index (κ1) is 21.4. The molecule has 6 heteroatoms. The van der Waals surface area contributed by atoms with Gasteiger partial charge in [0.2, 0.25) is 0 Å². The van der Waals surface area contributed by atoms with Crippen molar-refractivity contribution in [3.05, 3.63) is 71.5 Å². The number of halogens is 2. The highest BCUT2D eigenvalue weighted by Crippen LogP contribution is 2.13. The molecule has 4 nitrogen and oxygen atoms in total. The molecule has 25 heavy (non-hydrogen) atoms. The van der Waals surface area contributed by atoms with Gasteiger partial charge in [0.25, 0.3) is 0 Å². The van der Waals surface area contributed by atoms with Crippen molar-refractivity contribution in [2.45, 2.75) is 19.4 Å². The van der Waals surface area contributed by atoms with Gasteiger partial charge in [0.05, 0.1) is 13.2 Å². The third-order valence-corrected chi connectivity index (χ3v) is 3.72. The van der Waals surface area contributed by atoms with E-state index in [0.717, 1.165) is 5.56 Å². The van der Waals surface area contributed by atoms with Crippen molar-refractivity contribution < 1.29 is 9.50 Å². The Kier molecular flexibility index (Phi) is 10.1. The first-order valence-electron chi connectivity index (χ1n) is 8.16. The molecule has 3 N–H and O–H groups in total. The number of benzene rings is 2. The molecule has 0 spiro atoms. The van der Waals surface area contributed by atoms with Gasteiger partial charge in [-0.25, -0.2) is 9.38 Å². The number of guanidine groups is 1. The molecule has 0 radical (unpaired) electrons. The zero-order chi connectivity index (χ0) is 17.2. The van der Waals surface area contributed by atoms with Crippen LogP contribution in [0, 0.1) is 5.82 Å². The predicted molar refractivity (Wildman–Crippen MR) is 111 cm³/mol. The summed E-state index contributed by atoms with van der Waals surface area (Å²) in [5.41, 5.74) is 1.62. The van der Waals surface area contributed by atoms with Gasteiger partial charge in [0.15, 0.2) is 5.96 Å². The quantitative estimate of drug-likeness (QED) is 0.340. The second-order valence-electron chi connectivity index (χ2n) is 5.46. The number of hydrogen-bond acceptors (Lipinski definition) is 2. The number of nitrogens with zero attached hydrogens (tertiary/aromatic N) is 1. The minimum absolute atomic E-state index is 0. The van der Waals surface area contributed by atoms with Crippen LogP contribution in [0.25, 0.3) is 0 Å². The van der Waals surface area contributed by atoms with Gasteiger partial charge in [0, 0.05) is 24.6 Å². The van der Waals surface area contributed by atoms with Gasteiger partial charge in [-0.1, -0.05) is 48.5 Å². The Labute approximate surface area is 165 Å². The lowest BCUT2D eigenvalue weighted by molar-refractivity contribution is 0.265. The second kappa shape index (κ2) is 11.8. The third-order valence-electron chi connectivity index (χ3n) is 3.72. The van der Waals surface area contributed by atoms with Crippen LogP contribution in [0.5, 0.6) is 0 Å². The molecular formula is C19H25FIN3O. The van der Waals surface area contributed by atoms with Crippen LogP contribution in [0.4, 0.5) is 4.39 Å². The average molecular weight is 457 g/mol. The van der Waals surface area contributed by atoms with Gasteiger partial charge < -0.3 is 15.7 Å². The summed E-state index contributed by atoms with van der Waals surface area (Å²) in [5, 5.41) is 16.0. The fraction of sp³-hybridized carbons (Fsp3) is 0.316. The van der Waals surface area contributed by atoms with E-state index < -0.39 is 0 Å². The lowest BCUT2D eigenvalue weighted by Gasteiger charge is -2.18. The van der Waals surface area contributed by atoms with Crippen molar-refractivity contribution in [1.82, 2.24) is 10.6 Å². The number of aliphatic hydroxyl groups is 1. The van der Waals surface area contributed by atoms with Gasteiger partial charge >= 0.3 is 0 Å². The summed E-state index contributed by atoms with van der Waals surface area (Å²) >= 11 is 0. The SMILES string of the molecule is CCNC(=NCc1ccccc1F)NCC(CO)c1ccccc1.I. The minimum Gasteiger partial charge on any atom is -0.396 e. The molecule has 0 fully saturated rings. The Balaban J connectivity index is 0.00000312. The lowest BCUT2D eigenvalue weighted by Crippen LogP contribution is -2.40. The number of hydrogen-bond donors (Lipinski definition) is 3. The molecule has 136 valence electrons. The van der Waals surface area contributed by atoms with Crippen molar-refractivity contribution in [2.24, 2.45) is 4.99 Å². The number of aliphatic hydroxyl groups excluding tert-OH is 1. The molecule has 0 bridgehead atoms. The molecule has 0 saturated heterocycles. The van der Waals surface area contributed by atoms with Crippen molar-refractivity contribution in [3.8, 4) is 0 Å². The van der Waals surface area contributed by atoms with Crippen molar-refractivity contribution >= 4 is 29.9 Å². The zero-order valence-electron chi connectivity index (χ0n) is 14.3. The summed E-state index contributed by atoms with van der Waals surface area (Å²) < 4.78 is 13.7. The summed E-state index contributed by atoms with van der Waals surface area (Å²) in [6, 6.07) is 16.5. The Morgan fingerprint density at radius 1 is 1.08 bits per heavy atom. The Hall–Kier alpha value is -1.67. The first-order valence-corrected chi connectivity index (χ1v) is 8.16. The van der Waals surface area contributed by atoms with E-state index in [1.54, 1.807) is 18.2 Å². The van der Waals surface area contributed by atoms with Crippen LogP contribution >= 0.6 is 24.0 Å². The smallest absolute Gasteiger partial charge is 0.191 e. The second-order valence-corrected chi connectivity index (χ2v) is 5.46. The highest BCUT2D eigenvalue weighted by Gasteiger charge is 2.11. The van der Waals surface area contributed by atoms with Crippen LogP contribution in [-0.4, -0.2) is 30.8 Å². The molecule has 0 aliphatic carbocycles. The molecule has 2 aromatic rings. The van der Waals surface area contributed by atoms with Crippen LogP contribution in [-0.2, 0) is 6.54 Å². The van der Waals surface area contributed by atoms with Crippen LogP contribution in [0.15, 0.2) is 59.6 Å². The molecular weight excluding hydrogens is 432 g/mol. The Morgan fingerprint density at radius 3 is 2.40 bits per heavy atom.